The molecule has 0 amide bonds. The number of rotatable bonds is 4. The Morgan fingerprint density at radius 1 is 0.828 bits per heavy atom. The first-order valence-electron chi connectivity index (χ1n) is 8.90. The van der Waals surface area contributed by atoms with Gasteiger partial charge in [-0.1, -0.05) is 54.6 Å². The summed E-state index contributed by atoms with van der Waals surface area (Å²) in [6.45, 7) is 0. The third-order valence-corrected chi connectivity index (χ3v) is 5.52. The minimum atomic E-state index is -0.413. The van der Waals surface area contributed by atoms with Crippen molar-refractivity contribution in [1.29, 1.82) is 0 Å². The van der Waals surface area contributed by atoms with Gasteiger partial charge in [-0.15, -0.1) is 0 Å². The summed E-state index contributed by atoms with van der Waals surface area (Å²) < 4.78 is 6.89. The van der Waals surface area contributed by atoms with Crippen LogP contribution >= 0.6 is 31.9 Å². The van der Waals surface area contributed by atoms with Gasteiger partial charge in [0.2, 0.25) is 0 Å². The van der Waals surface area contributed by atoms with Crippen molar-refractivity contribution >= 4 is 60.5 Å². The van der Waals surface area contributed by atoms with E-state index in [1.165, 1.54) is 0 Å². The van der Waals surface area contributed by atoms with Crippen LogP contribution in [-0.2, 0) is 0 Å². The highest BCUT2D eigenvalue weighted by molar-refractivity contribution is 9.11. The third-order valence-electron chi connectivity index (χ3n) is 4.34. The van der Waals surface area contributed by atoms with Crippen LogP contribution in [0.2, 0.25) is 0 Å². The summed E-state index contributed by atoms with van der Waals surface area (Å²) in [5.74, 6) is 0.0188. The van der Waals surface area contributed by atoms with Crippen LogP contribution in [0.15, 0.2) is 98.9 Å². The molecule has 0 fully saturated rings. The highest BCUT2D eigenvalue weighted by atomic mass is 79.9. The highest BCUT2D eigenvalue weighted by Gasteiger charge is 2.14. The van der Waals surface area contributed by atoms with Crippen molar-refractivity contribution < 1.29 is 9.53 Å². The Morgan fingerprint density at radius 3 is 2.24 bits per heavy atom. The van der Waals surface area contributed by atoms with Crippen molar-refractivity contribution in [3.8, 4) is 5.75 Å². The van der Waals surface area contributed by atoms with E-state index in [9.17, 15) is 4.79 Å². The molecular formula is C24H15Br2NO2. The number of nitrogens with zero attached hydrogens (tertiary/aromatic N) is 1. The number of hydrogen-bond donors (Lipinski definition) is 0. The molecule has 0 saturated carbocycles. The van der Waals surface area contributed by atoms with E-state index in [0.717, 1.165) is 22.0 Å². The molecule has 0 bridgehead atoms. The van der Waals surface area contributed by atoms with E-state index in [-0.39, 0.29) is 0 Å². The molecule has 5 heteroatoms. The van der Waals surface area contributed by atoms with Crippen molar-refractivity contribution in [3.05, 3.63) is 105 Å². The molecule has 3 nitrogen and oxygen atoms in total. The number of benzene rings is 4. The number of esters is 1. The normalized spacial score (nSPS) is 11.1. The smallest absolute Gasteiger partial charge is 0.343 e. The molecule has 4 rings (SSSR count). The van der Waals surface area contributed by atoms with Gasteiger partial charge in [0, 0.05) is 11.6 Å². The van der Waals surface area contributed by atoms with Crippen molar-refractivity contribution in [3.63, 3.8) is 0 Å². The average Bonchev–Trinajstić information content (AvgIpc) is 2.75. The van der Waals surface area contributed by atoms with Gasteiger partial charge in [0.05, 0.1) is 20.2 Å². The SMILES string of the molecule is O=C(Oc1c(Br)cc(C=Nc2cccc3ccccc23)cc1Br)c1ccccc1. The summed E-state index contributed by atoms with van der Waals surface area (Å²) in [6, 6.07) is 26.8. The number of carbonyl (C=O) groups is 1. The van der Waals surface area contributed by atoms with E-state index in [1.54, 1.807) is 30.5 Å². The van der Waals surface area contributed by atoms with Gasteiger partial charge in [0.1, 0.15) is 0 Å². The zero-order chi connectivity index (χ0) is 20.2. The lowest BCUT2D eigenvalue weighted by Crippen LogP contribution is -2.09. The summed E-state index contributed by atoms with van der Waals surface area (Å²) in [5.41, 5.74) is 2.26. The van der Waals surface area contributed by atoms with Crippen LogP contribution in [0.5, 0.6) is 5.75 Å². The quantitative estimate of drug-likeness (QED) is 0.164. The van der Waals surface area contributed by atoms with Crippen molar-refractivity contribution in [2.24, 2.45) is 4.99 Å². The van der Waals surface area contributed by atoms with Crippen LogP contribution in [0.3, 0.4) is 0 Å². The van der Waals surface area contributed by atoms with E-state index in [0.29, 0.717) is 20.3 Å². The zero-order valence-corrected chi connectivity index (χ0v) is 18.4. The average molecular weight is 509 g/mol. The second-order valence-corrected chi connectivity index (χ2v) is 8.03. The summed E-state index contributed by atoms with van der Waals surface area (Å²) in [4.78, 5) is 17.0. The Hall–Kier alpha value is -2.76. The maximum Gasteiger partial charge on any atom is 0.343 e. The van der Waals surface area contributed by atoms with Gasteiger partial charge in [0.25, 0.3) is 0 Å². The molecule has 0 aromatic heterocycles. The fourth-order valence-corrected chi connectivity index (χ4v) is 4.33. The van der Waals surface area contributed by atoms with Crippen molar-refractivity contribution in [2.45, 2.75) is 0 Å². The Labute approximate surface area is 185 Å². The summed E-state index contributed by atoms with van der Waals surface area (Å²) in [5, 5.41) is 2.24. The lowest BCUT2D eigenvalue weighted by Gasteiger charge is -2.10. The standard InChI is InChI=1S/C24H15Br2NO2/c25-20-13-16(15-27-22-12-6-10-17-7-4-5-11-19(17)22)14-21(26)23(20)29-24(28)18-8-2-1-3-9-18/h1-15H. The maximum atomic E-state index is 12.3. The molecular weight excluding hydrogens is 494 g/mol. The monoisotopic (exact) mass is 507 g/mol. The van der Waals surface area contributed by atoms with Crippen LogP contribution in [0.1, 0.15) is 15.9 Å². The minimum absolute atomic E-state index is 0.413. The molecule has 0 atom stereocenters. The van der Waals surface area contributed by atoms with E-state index in [1.807, 2.05) is 42.5 Å². The molecule has 4 aromatic rings. The second-order valence-electron chi connectivity index (χ2n) is 6.33. The predicted octanol–water partition coefficient (Wildman–Crippen LogP) is 7.33. The first-order chi connectivity index (χ1) is 14.1. The van der Waals surface area contributed by atoms with E-state index in [2.05, 4.69) is 55.1 Å². The topological polar surface area (TPSA) is 38.7 Å². The molecule has 29 heavy (non-hydrogen) atoms. The number of ether oxygens (including phenoxy) is 1. The fraction of sp³-hybridized carbons (Fsp3) is 0. The van der Waals surface area contributed by atoms with Crippen LogP contribution in [0.25, 0.3) is 10.8 Å². The minimum Gasteiger partial charge on any atom is -0.421 e. The van der Waals surface area contributed by atoms with Gasteiger partial charge >= 0.3 is 5.97 Å². The van der Waals surface area contributed by atoms with Crippen molar-refractivity contribution in [1.82, 2.24) is 0 Å². The van der Waals surface area contributed by atoms with E-state index < -0.39 is 5.97 Å². The Kier molecular flexibility index (Phi) is 5.88. The second kappa shape index (κ2) is 8.72. The van der Waals surface area contributed by atoms with Crippen LogP contribution in [0, 0.1) is 0 Å². The van der Waals surface area contributed by atoms with Gasteiger partial charge in [-0.2, -0.15) is 0 Å². The molecule has 142 valence electrons. The number of halogens is 2. The maximum absolute atomic E-state index is 12.3. The van der Waals surface area contributed by atoms with Crippen LogP contribution in [-0.4, -0.2) is 12.2 Å². The fourth-order valence-electron chi connectivity index (χ4n) is 2.94. The van der Waals surface area contributed by atoms with Gasteiger partial charge in [-0.25, -0.2) is 4.79 Å². The Balaban J connectivity index is 1.60. The molecule has 0 N–H and O–H groups in total. The number of hydrogen-bond acceptors (Lipinski definition) is 3. The van der Waals surface area contributed by atoms with Crippen molar-refractivity contribution in [2.75, 3.05) is 0 Å². The van der Waals surface area contributed by atoms with E-state index in [4.69, 9.17) is 4.74 Å². The molecule has 0 aliphatic carbocycles. The lowest BCUT2D eigenvalue weighted by atomic mass is 10.1. The van der Waals surface area contributed by atoms with Gasteiger partial charge in [-0.05, 0) is 73.1 Å². The molecule has 0 heterocycles. The number of aliphatic imine (C=N–C) groups is 1. The van der Waals surface area contributed by atoms with Gasteiger partial charge < -0.3 is 4.74 Å². The summed E-state index contributed by atoms with van der Waals surface area (Å²) >= 11 is 6.99. The Bertz CT molecular complexity index is 1190. The lowest BCUT2D eigenvalue weighted by molar-refractivity contribution is 0.0732. The van der Waals surface area contributed by atoms with E-state index >= 15 is 0 Å². The predicted molar refractivity (Wildman–Crippen MR) is 124 cm³/mol. The molecule has 0 radical (unpaired) electrons. The molecule has 4 aromatic carbocycles. The molecule has 0 spiro atoms. The zero-order valence-electron chi connectivity index (χ0n) is 15.2. The molecule has 0 aliphatic rings. The molecule has 0 unspecified atom stereocenters. The summed E-state index contributed by atoms with van der Waals surface area (Å²) in [7, 11) is 0. The largest absolute Gasteiger partial charge is 0.421 e. The summed E-state index contributed by atoms with van der Waals surface area (Å²) in [6.07, 6.45) is 1.79. The van der Waals surface area contributed by atoms with Crippen LogP contribution < -0.4 is 4.74 Å². The van der Waals surface area contributed by atoms with Gasteiger partial charge in [0.15, 0.2) is 5.75 Å². The Morgan fingerprint density at radius 2 is 1.48 bits per heavy atom. The first-order valence-corrected chi connectivity index (χ1v) is 10.5. The highest BCUT2D eigenvalue weighted by Crippen LogP contribution is 2.35. The number of carbonyl (C=O) groups excluding carboxylic acids is 1. The molecule has 0 saturated heterocycles. The number of fused-ring (bicyclic) bond motifs is 1. The van der Waals surface area contributed by atoms with Gasteiger partial charge in [-0.3, -0.25) is 4.99 Å². The molecule has 0 aliphatic heterocycles. The van der Waals surface area contributed by atoms with Crippen LogP contribution in [0.4, 0.5) is 5.69 Å². The first kappa shape index (κ1) is 19.6. The third kappa shape index (κ3) is 4.47.